The van der Waals surface area contributed by atoms with Crippen LogP contribution < -0.4 is 10.5 Å². The molecule has 1 aromatic rings. The van der Waals surface area contributed by atoms with Gasteiger partial charge in [0.15, 0.2) is 0 Å². The zero-order valence-electron chi connectivity index (χ0n) is 12.4. The second-order valence-electron chi connectivity index (χ2n) is 5.68. The fourth-order valence-corrected chi connectivity index (χ4v) is 2.78. The van der Waals surface area contributed by atoms with Gasteiger partial charge in [0.2, 0.25) is 0 Å². The highest BCUT2D eigenvalue weighted by atomic mass is 16.5. The van der Waals surface area contributed by atoms with Crippen molar-refractivity contribution in [2.24, 2.45) is 5.73 Å². The Morgan fingerprint density at radius 3 is 2.85 bits per heavy atom. The van der Waals surface area contributed by atoms with E-state index in [1.165, 1.54) is 12.7 Å². The molecule has 1 aromatic carbocycles. The van der Waals surface area contributed by atoms with E-state index < -0.39 is 5.54 Å². The molecule has 0 saturated heterocycles. The number of aryl methyl sites for hydroxylation is 1. The molecule has 0 spiro atoms. The Morgan fingerprint density at radius 1 is 1.40 bits per heavy atom. The van der Waals surface area contributed by atoms with Gasteiger partial charge in [-0.3, -0.25) is 4.79 Å². The Morgan fingerprint density at radius 2 is 2.15 bits per heavy atom. The Hall–Kier alpha value is -1.55. The fourth-order valence-electron chi connectivity index (χ4n) is 2.78. The average molecular weight is 277 g/mol. The molecule has 2 atom stereocenters. The summed E-state index contributed by atoms with van der Waals surface area (Å²) >= 11 is 0. The van der Waals surface area contributed by atoms with Crippen molar-refractivity contribution in [2.45, 2.75) is 51.2 Å². The molecule has 0 amide bonds. The van der Waals surface area contributed by atoms with E-state index in [2.05, 4.69) is 13.0 Å². The molecule has 110 valence electrons. The number of benzene rings is 1. The predicted octanol–water partition coefficient (Wildman–Crippen LogP) is 2.50. The van der Waals surface area contributed by atoms with Gasteiger partial charge in [-0.05, 0) is 50.3 Å². The first-order valence-corrected chi connectivity index (χ1v) is 7.06. The van der Waals surface area contributed by atoms with Crippen molar-refractivity contribution in [3.05, 3.63) is 29.3 Å². The zero-order chi connectivity index (χ0) is 14.8. The van der Waals surface area contributed by atoms with Crippen molar-refractivity contribution in [1.29, 1.82) is 0 Å². The Kier molecular flexibility index (Phi) is 4.33. The van der Waals surface area contributed by atoms with Gasteiger partial charge in [-0.25, -0.2) is 0 Å². The van der Waals surface area contributed by atoms with Crippen molar-refractivity contribution in [3.8, 4) is 5.75 Å². The summed E-state index contributed by atoms with van der Waals surface area (Å²) in [6.45, 7) is 4.11. The van der Waals surface area contributed by atoms with Crippen molar-refractivity contribution < 1.29 is 14.3 Å². The molecule has 1 aliphatic rings. The van der Waals surface area contributed by atoms with Crippen molar-refractivity contribution >= 4 is 5.97 Å². The summed E-state index contributed by atoms with van der Waals surface area (Å²) < 4.78 is 10.9. The van der Waals surface area contributed by atoms with E-state index in [1.807, 2.05) is 19.1 Å². The van der Waals surface area contributed by atoms with E-state index in [1.54, 1.807) is 0 Å². The molecule has 4 nitrogen and oxygen atoms in total. The summed E-state index contributed by atoms with van der Waals surface area (Å²) in [4.78, 5) is 11.8. The largest absolute Gasteiger partial charge is 0.490 e. The maximum atomic E-state index is 11.8. The van der Waals surface area contributed by atoms with Crippen LogP contribution in [-0.4, -0.2) is 24.7 Å². The summed E-state index contributed by atoms with van der Waals surface area (Å²) in [6.07, 6.45) is 2.93. The van der Waals surface area contributed by atoms with Gasteiger partial charge < -0.3 is 15.2 Å². The van der Waals surface area contributed by atoms with Crippen LogP contribution in [0.1, 0.15) is 36.8 Å². The number of carbonyl (C=O) groups excluding carboxylic acids is 1. The first kappa shape index (κ1) is 14.9. The van der Waals surface area contributed by atoms with Gasteiger partial charge in [-0.2, -0.15) is 0 Å². The number of hydrogen-bond acceptors (Lipinski definition) is 4. The molecule has 1 saturated carbocycles. The Balaban J connectivity index is 2.10. The van der Waals surface area contributed by atoms with Crippen LogP contribution in [0, 0.1) is 13.8 Å². The molecule has 1 aliphatic carbocycles. The molecular weight excluding hydrogens is 254 g/mol. The van der Waals surface area contributed by atoms with E-state index in [-0.39, 0.29) is 12.1 Å². The SMILES string of the molecule is COC(=O)C1(N)CCCC(Oc2cccc(C)c2C)C1. The van der Waals surface area contributed by atoms with Crippen LogP contribution in [0.15, 0.2) is 18.2 Å². The highest BCUT2D eigenvalue weighted by Gasteiger charge is 2.41. The lowest BCUT2D eigenvalue weighted by Crippen LogP contribution is -2.54. The number of carbonyl (C=O) groups is 1. The Labute approximate surface area is 120 Å². The van der Waals surface area contributed by atoms with Gasteiger partial charge in [0.05, 0.1) is 7.11 Å². The summed E-state index contributed by atoms with van der Waals surface area (Å²) in [5, 5.41) is 0. The molecule has 1 fully saturated rings. The molecular formula is C16H23NO3. The third-order valence-corrected chi connectivity index (χ3v) is 4.18. The fraction of sp³-hybridized carbons (Fsp3) is 0.562. The quantitative estimate of drug-likeness (QED) is 0.862. The minimum absolute atomic E-state index is 0.0339. The van der Waals surface area contributed by atoms with Gasteiger partial charge in [0.1, 0.15) is 17.4 Å². The molecule has 2 rings (SSSR count). The van der Waals surface area contributed by atoms with Gasteiger partial charge in [-0.1, -0.05) is 12.1 Å². The summed E-state index contributed by atoms with van der Waals surface area (Å²) in [6, 6.07) is 6.01. The van der Waals surface area contributed by atoms with Crippen LogP contribution in [0.3, 0.4) is 0 Å². The number of methoxy groups -OCH3 is 1. The average Bonchev–Trinajstić information content (AvgIpc) is 2.43. The third-order valence-electron chi connectivity index (χ3n) is 4.18. The number of esters is 1. The van der Waals surface area contributed by atoms with Gasteiger partial charge >= 0.3 is 5.97 Å². The van der Waals surface area contributed by atoms with Crippen LogP contribution in [0.4, 0.5) is 0 Å². The monoisotopic (exact) mass is 277 g/mol. The topological polar surface area (TPSA) is 61.5 Å². The second kappa shape index (κ2) is 5.83. The van der Waals surface area contributed by atoms with E-state index >= 15 is 0 Å². The Bertz CT molecular complexity index is 500. The first-order valence-electron chi connectivity index (χ1n) is 7.06. The molecule has 0 aromatic heterocycles. The highest BCUT2D eigenvalue weighted by molar-refractivity contribution is 5.80. The zero-order valence-corrected chi connectivity index (χ0v) is 12.4. The molecule has 0 aliphatic heterocycles. The summed E-state index contributed by atoms with van der Waals surface area (Å²) in [5.74, 6) is 0.538. The van der Waals surface area contributed by atoms with Crippen molar-refractivity contribution in [3.63, 3.8) is 0 Å². The first-order chi connectivity index (χ1) is 9.46. The van der Waals surface area contributed by atoms with E-state index in [0.717, 1.165) is 24.2 Å². The molecule has 0 bridgehead atoms. The molecule has 2 N–H and O–H groups in total. The van der Waals surface area contributed by atoms with Crippen LogP contribution in [0.5, 0.6) is 5.75 Å². The van der Waals surface area contributed by atoms with Gasteiger partial charge in [0, 0.05) is 6.42 Å². The van der Waals surface area contributed by atoms with Crippen LogP contribution in [0.2, 0.25) is 0 Å². The van der Waals surface area contributed by atoms with E-state index in [4.69, 9.17) is 15.2 Å². The maximum absolute atomic E-state index is 11.8. The third kappa shape index (κ3) is 2.96. The number of nitrogens with two attached hydrogens (primary N) is 1. The lowest BCUT2D eigenvalue weighted by Gasteiger charge is -2.35. The van der Waals surface area contributed by atoms with Crippen LogP contribution in [0.25, 0.3) is 0 Å². The van der Waals surface area contributed by atoms with Crippen molar-refractivity contribution in [1.82, 2.24) is 0 Å². The highest BCUT2D eigenvalue weighted by Crippen LogP contribution is 2.31. The van der Waals surface area contributed by atoms with E-state index in [0.29, 0.717) is 12.8 Å². The smallest absolute Gasteiger partial charge is 0.325 e. The number of ether oxygens (including phenoxy) is 2. The minimum atomic E-state index is -0.907. The normalized spacial score (nSPS) is 26.1. The summed E-state index contributed by atoms with van der Waals surface area (Å²) in [7, 11) is 1.38. The molecule has 0 radical (unpaired) electrons. The molecule has 20 heavy (non-hydrogen) atoms. The van der Waals surface area contributed by atoms with E-state index in [9.17, 15) is 4.79 Å². The van der Waals surface area contributed by atoms with Crippen LogP contribution >= 0.6 is 0 Å². The van der Waals surface area contributed by atoms with Crippen molar-refractivity contribution in [2.75, 3.05) is 7.11 Å². The number of hydrogen-bond donors (Lipinski definition) is 1. The lowest BCUT2D eigenvalue weighted by atomic mass is 9.81. The standard InChI is InChI=1S/C16H23NO3/c1-11-6-4-8-14(12(11)2)20-13-7-5-9-16(17,10-13)15(18)19-3/h4,6,8,13H,5,7,9-10,17H2,1-3H3. The number of rotatable bonds is 3. The maximum Gasteiger partial charge on any atom is 0.325 e. The minimum Gasteiger partial charge on any atom is -0.490 e. The molecule has 0 heterocycles. The van der Waals surface area contributed by atoms with Gasteiger partial charge in [-0.15, -0.1) is 0 Å². The lowest BCUT2D eigenvalue weighted by molar-refractivity contribution is -0.149. The van der Waals surface area contributed by atoms with Gasteiger partial charge in [0.25, 0.3) is 0 Å². The molecule has 2 unspecified atom stereocenters. The predicted molar refractivity (Wildman–Crippen MR) is 77.7 cm³/mol. The second-order valence-corrected chi connectivity index (χ2v) is 5.68. The molecule has 4 heteroatoms. The van der Waals surface area contributed by atoms with Crippen LogP contribution in [-0.2, 0) is 9.53 Å². The summed E-state index contributed by atoms with van der Waals surface area (Å²) in [5.41, 5.74) is 7.60.